The highest BCUT2D eigenvalue weighted by molar-refractivity contribution is 7.83. The molecule has 0 atom stereocenters. The zero-order valence-corrected chi connectivity index (χ0v) is 10.8. The summed E-state index contributed by atoms with van der Waals surface area (Å²) < 4.78 is 0. The Morgan fingerprint density at radius 1 is 1.50 bits per heavy atom. The molecule has 0 aliphatic heterocycles. The van der Waals surface area contributed by atoms with Crippen molar-refractivity contribution in [3.63, 3.8) is 0 Å². The monoisotopic (exact) mass is 233 g/mol. The third-order valence-corrected chi connectivity index (χ3v) is 2.96. The average Bonchev–Trinajstić information content (AvgIpc) is 2.29. The van der Waals surface area contributed by atoms with E-state index in [1.807, 2.05) is 17.5 Å². The summed E-state index contributed by atoms with van der Waals surface area (Å²) in [6.07, 6.45) is 1.82. The predicted octanol–water partition coefficient (Wildman–Crippen LogP) is 4.20. The molecule has 0 spiro atoms. The van der Waals surface area contributed by atoms with Crippen molar-refractivity contribution in [3.8, 4) is 0 Å². The lowest BCUT2D eigenvalue weighted by atomic mass is 9.96. The largest absolute Gasteiger partial charge is 0.398 e. The van der Waals surface area contributed by atoms with Crippen LogP contribution in [0.1, 0.15) is 30.9 Å². The molecule has 1 nitrogen and oxygen atoms in total. The Balaban J connectivity index is 3.05. The molecule has 16 heavy (non-hydrogen) atoms. The fraction of sp³-hybridized carbons (Fsp3) is 0.286. The van der Waals surface area contributed by atoms with Crippen LogP contribution in [-0.2, 0) is 0 Å². The molecule has 0 amide bonds. The predicted molar refractivity (Wildman–Crippen MR) is 76.6 cm³/mol. The van der Waals surface area contributed by atoms with Crippen LogP contribution < -0.4 is 5.73 Å². The summed E-state index contributed by atoms with van der Waals surface area (Å²) >= 11 is 4.26. The van der Waals surface area contributed by atoms with Crippen LogP contribution in [0, 0.1) is 6.92 Å². The average molecular weight is 233 g/mol. The highest BCUT2D eigenvalue weighted by Gasteiger charge is 2.06. The minimum Gasteiger partial charge on any atom is -0.398 e. The molecule has 0 saturated heterocycles. The third-order valence-electron chi connectivity index (χ3n) is 2.65. The maximum Gasteiger partial charge on any atom is 0.0390 e. The van der Waals surface area contributed by atoms with Gasteiger partial charge in [0.05, 0.1) is 0 Å². The molecule has 0 unspecified atom stereocenters. The maximum atomic E-state index is 5.98. The van der Waals surface area contributed by atoms with Gasteiger partial charge in [0.25, 0.3) is 0 Å². The number of hydrogen-bond donors (Lipinski definition) is 2. The van der Waals surface area contributed by atoms with Gasteiger partial charge in [-0.1, -0.05) is 30.7 Å². The van der Waals surface area contributed by atoms with Crippen LogP contribution in [0.3, 0.4) is 0 Å². The van der Waals surface area contributed by atoms with Gasteiger partial charge >= 0.3 is 0 Å². The normalized spacial score (nSPS) is 11.6. The third kappa shape index (κ3) is 3.17. The SMILES string of the molecule is C=C(CC)C/C(=C/S)c1cc(C)ccc1N. The van der Waals surface area contributed by atoms with Gasteiger partial charge in [-0.05, 0) is 42.9 Å². The minimum atomic E-state index is 0.801. The smallest absolute Gasteiger partial charge is 0.0390 e. The number of hydrogen-bond acceptors (Lipinski definition) is 2. The van der Waals surface area contributed by atoms with Crippen LogP contribution in [-0.4, -0.2) is 0 Å². The van der Waals surface area contributed by atoms with Gasteiger partial charge in [0, 0.05) is 11.3 Å². The molecule has 2 heteroatoms. The van der Waals surface area contributed by atoms with Crippen molar-refractivity contribution < 1.29 is 0 Å². The highest BCUT2D eigenvalue weighted by atomic mass is 32.1. The van der Waals surface area contributed by atoms with Gasteiger partial charge in [0.2, 0.25) is 0 Å². The van der Waals surface area contributed by atoms with Crippen LogP contribution in [0.15, 0.2) is 35.8 Å². The molecule has 1 rings (SSSR count). The molecule has 0 aromatic heterocycles. The summed E-state index contributed by atoms with van der Waals surface area (Å²) in [4.78, 5) is 0. The number of benzene rings is 1. The summed E-state index contributed by atoms with van der Waals surface area (Å²) in [6, 6.07) is 6.06. The second-order valence-electron chi connectivity index (χ2n) is 4.03. The van der Waals surface area contributed by atoms with Crippen LogP contribution in [0.2, 0.25) is 0 Å². The topological polar surface area (TPSA) is 26.0 Å². The number of allylic oxidation sites excluding steroid dienone is 2. The Morgan fingerprint density at radius 2 is 2.19 bits per heavy atom. The zero-order valence-electron chi connectivity index (χ0n) is 9.96. The van der Waals surface area contributed by atoms with Crippen molar-refractivity contribution >= 4 is 23.9 Å². The van der Waals surface area contributed by atoms with E-state index in [0.717, 1.165) is 29.7 Å². The lowest BCUT2D eigenvalue weighted by Gasteiger charge is -2.12. The first-order valence-corrected chi connectivity index (χ1v) is 5.96. The molecule has 86 valence electrons. The van der Waals surface area contributed by atoms with Crippen molar-refractivity contribution in [3.05, 3.63) is 46.9 Å². The number of thiol groups is 1. The van der Waals surface area contributed by atoms with E-state index >= 15 is 0 Å². The standard InChI is InChI=1S/C14H19NS/c1-4-10(2)7-12(9-16)13-8-11(3)5-6-14(13)15/h5-6,8-9,16H,2,4,7,15H2,1,3H3/b12-9-. The minimum absolute atomic E-state index is 0.801. The first kappa shape index (κ1) is 12.9. The van der Waals surface area contributed by atoms with E-state index in [1.165, 1.54) is 11.1 Å². The van der Waals surface area contributed by atoms with E-state index in [1.54, 1.807) is 0 Å². The lowest BCUT2D eigenvalue weighted by molar-refractivity contribution is 1.05. The van der Waals surface area contributed by atoms with Gasteiger partial charge in [-0.2, -0.15) is 12.6 Å². The zero-order chi connectivity index (χ0) is 12.1. The van der Waals surface area contributed by atoms with E-state index in [4.69, 9.17) is 5.73 Å². The van der Waals surface area contributed by atoms with E-state index in [0.29, 0.717) is 0 Å². The van der Waals surface area contributed by atoms with Gasteiger partial charge in [-0.15, -0.1) is 0 Å². The Bertz CT molecular complexity index is 419. The summed E-state index contributed by atoms with van der Waals surface area (Å²) in [5, 5.41) is 1.83. The Kier molecular flexibility index (Phi) is 4.69. The summed E-state index contributed by atoms with van der Waals surface area (Å²) in [5.74, 6) is 0. The van der Waals surface area contributed by atoms with Gasteiger partial charge in [-0.3, -0.25) is 0 Å². The van der Waals surface area contributed by atoms with Crippen LogP contribution >= 0.6 is 12.6 Å². The number of nitrogen functional groups attached to an aromatic ring is 1. The van der Waals surface area contributed by atoms with Crippen LogP contribution in [0.25, 0.3) is 5.57 Å². The molecule has 0 aliphatic rings. The molecule has 1 aromatic rings. The van der Waals surface area contributed by atoms with Crippen molar-refractivity contribution in [1.82, 2.24) is 0 Å². The van der Waals surface area contributed by atoms with Gasteiger partial charge in [0.1, 0.15) is 0 Å². The Labute approximate surface area is 103 Å². The molecule has 1 aromatic carbocycles. The maximum absolute atomic E-state index is 5.98. The fourth-order valence-corrected chi connectivity index (χ4v) is 1.78. The first-order chi connectivity index (χ1) is 7.58. The van der Waals surface area contributed by atoms with E-state index in [2.05, 4.69) is 39.1 Å². The van der Waals surface area contributed by atoms with E-state index < -0.39 is 0 Å². The number of rotatable bonds is 4. The van der Waals surface area contributed by atoms with Gasteiger partial charge in [-0.25, -0.2) is 0 Å². The number of anilines is 1. The molecular weight excluding hydrogens is 214 g/mol. The second-order valence-corrected chi connectivity index (χ2v) is 4.28. The Hall–Kier alpha value is -1.15. The van der Waals surface area contributed by atoms with E-state index in [-0.39, 0.29) is 0 Å². The molecule has 0 fully saturated rings. The van der Waals surface area contributed by atoms with Gasteiger partial charge < -0.3 is 5.73 Å². The van der Waals surface area contributed by atoms with Gasteiger partial charge in [0.15, 0.2) is 0 Å². The molecular formula is C14H19NS. The number of aryl methyl sites for hydroxylation is 1. The van der Waals surface area contributed by atoms with Crippen LogP contribution in [0.5, 0.6) is 0 Å². The highest BCUT2D eigenvalue weighted by Crippen LogP contribution is 2.28. The Morgan fingerprint density at radius 3 is 2.75 bits per heavy atom. The summed E-state index contributed by atoms with van der Waals surface area (Å²) in [6.45, 7) is 8.20. The summed E-state index contributed by atoms with van der Waals surface area (Å²) in [7, 11) is 0. The van der Waals surface area contributed by atoms with E-state index in [9.17, 15) is 0 Å². The molecule has 0 bridgehead atoms. The second kappa shape index (κ2) is 5.80. The molecule has 0 saturated carbocycles. The molecule has 0 aliphatic carbocycles. The van der Waals surface area contributed by atoms with Crippen molar-refractivity contribution in [2.45, 2.75) is 26.7 Å². The van der Waals surface area contributed by atoms with Crippen molar-refractivity contribution in [2.75, 3.05) is 5.73 Å². The first-order valence-electron chi connectivity index (χ1n) is 5.44. The van der Waals surface area contributed by atoms with Crippen LogP contribution in [0.4, 0.5) is 5.69 Å². The molecule has 0 radical (unpaired) electrons. The fourth-order valence-electron chi connectivity index (χ4n) is 1.55. The molecule has 0 heterocycles. The molecule has 2 N–H and O–H groups in total. The quantitative estimate of drug-likeness (QED) is 0.455. The number of nitrogens with two attached hydrogens (primary N) is 1. The lowest BCUT2D eigenvalue weighted by Crippen LogP contribution is -1.95. The van der Waals surface area contributed by atoms with Crippen molar-refractivity contribution in [1.29, 1.82) is 0 Å². The van der Waals surface area contributed by atoms with Crippen molar-refractivity contribution in [2.24, 2.45) is 0 Å². The summed E-state index contributed by atoms with van der Waals surface area (Å²) in [5.41, 5.74) is 11.4.